The molecule has 0 aliphatic heterocycles. The Hall–Kier alpha value is -2.84. The maximum absolute atomic E-state index is 12.5. The van der Waals surface area contributed by atoms with Crippen LogP contribution in [0.15, 0.2) is 47.5 Å². The Morgan fingerprint density at radius 2 is 2.00 bits per heavy atom. The van der Waals surface area contributed by atoms with E-state index in [0.717, 1.165) is 21.5 Å². The molecule has 0 aliphatic rings. The molecule has 0 unspecified atom stereocenters. The largest absolute Gasteiger partial charge is 0.497 e. The molecule has 3 aromatic rings. The highest BCUT2D eigenvalue weighted by Gasteiger charge is 2.10. The molecule has 1 aromatic heterocycles. The van der Waals surface area contributed by atoms with Gasteiger partial charge >= 0.3 is 0 Å². The van der Waals surface area contributed by atoms with Gasteiger partial charge in [0, 0.05) is 0 Å². The zero-order valence-corrected chi connectivity index (χ0v) is 16.5. The van der Waals surface area contributed by atoms with Crippen LogP contribution in [0.2, 0.25) is 0 Å². The van der Waals surface area contributed by atoms with Crippen molar-refractivity contribution in [3.8, 4) is 18.1 Å². The maximum atomic E-state index is 12.5. The standard InChI is InChI=1S/C22H22N2O2S/c1-5-12-24-19-11-8-17(15(2)3)14-20(19)27-22(24)23-21(25)13-16-6-9-18(26-4)10-7-16/h1,6-11,14-15H,12-13H2,2-4H3. The van der Waals surface area contributed by atoms with Gasteiger partial charge in [-0.25, -0.2) is 0 Å². The van der Waals surface area contributed by atoms with Gasteiger partial charge in [0.2, 0.25) is 0 Å². The van der Waals surface area contributed by atoms with Gasteiger partial charge in [-0.3, -0.25) is 4.79 Å². The van der Waals surface area contributed by atoms with E-state index < -0.39 is 0 Å². The summed E-state index contributed by atoms with van der Waals surface area (Å²) in [7, 11) is 1.62. The van der Waals surface area contributed by atoms with Crippen molar-refractivity contribution < 1.29 is 9.53 Å². The number of ether oxygens (including phenoxy) is 1. The molecular weight excluding hydrogens is 356 g/mol. The molecule has 3 rings (SSSR count). The Balaban J connectivity index is 1.96. The number of benzene rings is 2. The van der Waals surface area contributed by atoms with E-state index in [0.29, 0.717) is 17.3 Å². The number of aromatic nitrogens is 1. The zero-order valence-electron chi connectivity index (χ0n) is 15.7. The van der Waals surface area contributed by atoms with Gasteiger partial charge in [-0.2, -0.15) is 4.99 Å². The highest BCUT2D eigenvalue weighted by molar-refractivity contribution is 7.16. The van der Waals surface area contributed by atoms with E-state index in [-0.39, 0.29) is 12.3 Å². The number of carbonyl (C=O) groups is 1. The summed E-state index contributed by atoms with van der Waals surface area (Å²) in [5, 5.41) is 0. The van der Waals surface area contributed by atoms with Crippen LogP contribution in [-0.4, -0.2) is 17.6 Å². The van der Waals surface area contributed by atoms with Crippen molar-refractivity contribution in [1.29, 1.82) is 0 Å². The quantitative estimate of drug-likeness (QED) is 0.627. The fourth-order valence-corrected chi connectivity index (χ4v) is 3.94. The minimum Gasteiger partial charge on any atom is -0.497 e. The SMILES string of the molecule is C#CCn1c(=NC(=O)Cc2ccc(OC)cc2)sc2cc(C(C)C)ccc21. The average Bonchev–Trinajstić information content (AvgIpc) is 2.99. The predicted octanol–water partition coefficient (Wildman–Crippen LogP) is 4.14. The molecule has 4 nitrogen and oxygen atoms in total. The van der Waals surface area contributed by atoms with Crippen LogP contribution in [0.25, 0.3) is 10.2 Å². The summed E-state index contributed by atoms with van der Waals surface area (Å²) in [6.45, 7) is 4.71. The summed E-state index contributed by atoms with van der Waals surface area (Å²) in [4.78, 5) is 17.5. The fraction of sp³-hybridized carbons (Fsp3) is 0.273. The van der Waals surface area contributed by atoms with Crippen LogP contribution in [0.5, 0.6) is 5.75 Å². The number of terminal acetylenes is 1. The third-order valence-electron chi connectivity index (χ3n) is 4.36. The molecule has 0 atom stereocenters. The lowest BCUT2D eigenvalue weighted by Gasteiger charge is -2.05. The first kappa shape index (κ1) is 18.9. The zero-order chi connectivity index (χ0) is 19.4. The molecule has 1 amide bonds. The van der Waals surface area contributed by atoms with Crippen LogP contribution in [0.3, 0.4) is 0 Å². The molecular formula is C22H22N2O2S. The first-order chi connectivity index (χ1) is 13.0. The van der Waals surface area contributed by atoms with E-state index in [1.165, 1.54) is 16.9 Å². The van der Waals surface area contributed by atoms with Crippen LogP contribution >= 0.6 is 11.3 Å². The van der Waals surface area contributed by atoms with Gasteiger partial charge in [0.1, 0.15) is 5.75 Å². The summed E-state index contributed by atoms with van der Waals surface area (Å²) >= 11 is 1.50. The number of hydrogen-bond donors (Lipinski definition) is 0. The van der Waals surface area contributed by atoms with Crippen molar-refractivity contribution in [2.24, 2.45) is 4.99 Å². The lowest BCUT2D eigenvalue weighted by molar-refractivity contribution is -0.117. The molecule has 0 radical (unpaired) electrons. The summed E-state index contributed by atoms with van der Waals surface area (Å²) in [6, 6.07) is 13.8. The van der Waals surface area contributed by atoms with Gasteiger partial charge in [0.25, 0.3) is 5.91 Å². The molecule has 0 saturated heterocycles. The van der Waals surface area contributed by atoms with E-state index in [9.17, 15) is 4.79 Å². The first-order valence-corrected chi connectivity index (χ1v) is 9.60. The molecule has 1 heterocycles. The molecule has 0 N–H and O–H groups in total. The highest BCUT2D eigenvalue weighted by atomic mass is 32.1. The summed E-state index contributed by atoms with van der Waals surface area (Å²) in [6.07, 6.45) is 5.78. The second-order valence-electron chi connectivity index (χ2n) is 6.59. The third-order valence-corrected chi connectivity index (χ3v) is 5.40. The van der Waals surface area contributed by atoms with Gasteiger partial charge in [0.05, 0.1) is 30.3 Å². The molecule has 27 heavy (non-hydrogen) atoms. The molecule has 0 bridgehead atoms. The smallest absolute Gasteiger partial charge is 0.252 e. The van der Waals surface area contributed by atoms with E-state index in [1.807, 2.05) is 28.8 Å². The van der Waals surface area contributed by atoms with Crippen LogP contribution in [0, 0.1) is 12.3 Å². The van der Waals surface area contributed by atoms with E-state index in [1.54, 1.807) is 7.11 Å². The Morgan fingerprint density at radius 1 is 1.26 bits per heavy atom. The van der Waals surface area contributed by atoms with Crippen molar-refractivity contribution in [3.05, 3.63) is 58.4 Å². The lowest BCUT2D eigenvalue weighted by atomic mass is 10.0. The van der Waals surface area contributed by atoms with Crippen molar-refractivity contribution >= 4 is 27.5 Å². The normalized spacial score (nSPS) is 11.7. The molecule has 5 heteroatoms. The summed E-state index contributed by atoms with van der Waals surface area (Å²) in [5.41, 5.74) is 3.17. The second kappa shape index (κ2) is 8.24. The van der Waals surface area contributed by atoms with E-state index >= 15 is 0 Å². The molecule has 0 spiro atoms. The second-order valence-corrected chi connectivity index (χ2v) is 7.60. The Labute approximate surface area is 163 Å². The van der Waals surface area contributed by atoms with Crippen molar-refractivity contribution in [1.82, 2.24) is 4.57 Å². The number of fused-ring (bicyclic) bond motifs is 1. The van der Waals surface area contributed by atoms with Crippen molar-refractivity contribution in [2.75, 3.05) is 7.11 Å². The Bertz CT molecular complexity index is 1070. The predicted molar refractivity (Wildman–Crippen MR) is 110 cm³/mol. The maximum Gasteiger partial charge on any atom is 0.252 e. The van der Waals surface area contributed by atoms with Crippen LogP contribution in [0.4, 0.5) is 0 Å². The third kappa shape index (κ3) is 4.29. The summed E-state index contributed by atoms with van der Waals surface area (Å²) < 4.78 is 8.16. The molecule has 0 fully saturated rings. The van der Waals surface area contributed by atoms with Gasteiger partial charge < -0.3 is 9.30 Å². The van der Waals surface area contributed by atoms with Crippen LogP contribution < -0.4 is 9.54 Å². The average molecular weight is 378 g/mol. The number of amides is 1. The van der Waals surface area contributed by atoms with Crippen molar-refractivity contribution in [2.45, 2.75) is 32.7 Å². The van der Waals surface area contributed by atoms with Gasteiger partial charge in [-0.05, 0) is 41.3 Å². The van der Waals surface area contributed by atoms with Crippen molar-refractivity contribution in [3.63, 3.8) is 0 Å². The van der Waals surface area contributed by atoms with Gasteiger partial charge in [-0.1, -0.05) is 49.3 Å². The minimum atomic E-state index is -0.193. The highest BCUT2D eigenvalue weighted by Crippen LogP contribution is 2.23. The number of carbonyl (C=O) groups excluding carboxylic acids is 1. The molecule has 138 valence electrons. The monoisotopic (exact) mass is 378 g/mol. The van der Waals surface area contributed by atoms with Crippen LogP contribution in [-0.2, 0) is 17.8 Å². The molecule has 0 aliphatic carbocycles. The van der Waals surface area contributed by atoms with Gasteiger partial charge in [0.15, 0.2) is 4.80 Å². The number of hydrogen-bond acceptors (Lipinski definition) is 3. The molecule has 2 aromatic carbocycles. The van der Waals surface area contributed by atoms with E-state index in [2.05, 4.69) is 43.0 Å². The first-order valence-electron chi connectivity index (χ1n) is 8.79. The van der Waals surface area contributed by atoms with E-state index in [4.69, 9.17) is 11.2 Å². The number of nitrogens with zero attached hydrogens (tertiary/aromatic N) is 2. The number of rotatable bonds is 5. The fourth-order valence-electron chi connectivity index (χ4n) is 2.84. The van der Waals surface area contributed by atoms with Gasteiger partial charge in [-0.15, -0.1) is 6.42 Å². The summed E-state index contributed by atoms with van der Waals surface area (Å²) in [5.74, 6) is 3.67. The molecule has 0 saturated carbocycles. The number of thiazole rings is 1. The van der Waals surface area contributed by atoms with Crippen LogP contribution in [0.1, 0.15) is 30.9 Å². The lowest BCUT2D eigenvalue weighted by Crippen LogP contribution is -2.17. The Morgan fingerprint density at radius 3 is 2.63 bits per heavy atom. The minimum absolute atomic E-state index is 0.193. The number of methoxy groups -OCH3 is 1. The topological polar surface area (TPSA) is 43.6 Å². The Kier molecular flexibility index (Phi) is 5.78.